The summed E-state index contributed by atoms with van der Waals surface area (Å²) in [7, 11) is 1.42. The molecular formula is C8H7Cl2NO2. The summed E-state index contributed by atoms with van der Waals surface area (Å²) in [5, 5.41) is 0.661. The van der Waals surface area contributed by atoms with Crippen LogP contribution in [0.2, 0.25) is 10.2 Å². The van der Waals surface area contributed by atoms with E-state index in [4.69, 9.17) is 27.9 Å². The van der Waals surface area contributed by atoms with Gasteiger partial charge in [0.15, 0.2) is 6.29 Å². The average molecular weight is 220 g/mol. The molecule has 0 aromatic carbocycles. The quantitative estimate of drug-likeness (QED) is 0.579. The molecule has 70 valence electrons. The van der Waals surface area contributed by atoms with Crippen LogP contribution in [0.1, 0.15) is 11.7 Å². The van der Waals surface area contributed by atoms with Crippen LogP contribution in [-0.4, -0.2) is 18.4 Å². The topological polar surface area (TPSA) is 39.2 Å². The van der Waals surface area contributed by atoms with E-state index in [1.165, 1.54) is 19.4 Å². The van der Waals surface area contributed by atoms with Crippen LogP contribution >= 0.6 is 23.2 Å². The van der Waals surface area contributed by atoms with E-state index >= 15 is 0 Å². The molecule has 1 rings (SSSR count). The van der Waals surface area contributed by atoms with Crippen molar-refractivity contribution in [2.75, 3.05) is 7.11 Å². The number of aldehydes is 1. The summed E-state index contributed by atoms with van der Waals surface area (Å²) in [5.74, 6) is 0. The van der Waals surface area contributed by atoms with Gasteiger partial charge in [-0.2, -0.15) is 0 Å². The molecule has 0 spiro atoms. The molecule has 0 amide bonds. The molecule has 0 bridgehead atoms. The minimum atomic E-state index is -0.683. The van der Waals surface area contributed by atoms with E-state index in [0.29, 0.717) is 16.9 Å². The molecule has 0 fully saturated rings. The molecule has 1 heterocycles. The smallest absolute Gasteiger partial charge is 0.153 e. The van der Waals surface area contributed by atoms with Gasteiger partial charge in [0.2, 0.25) is 0 Å². The number of halogens is 2. The van der Waals surface area contributed by atoms with E-state index in [1.807, 2.05) is 0 Å². The lowest BCUT2D eigenvalue weighted by Gasteiger charge is -2.09. The van der Waals surface area contributed by atoms with Gasteiger partial charge in [0.05, 0.1) is 5.02 Å². The first-order valence-electron chi connectivity index (χ1n) is 3.48. The van der Waals surface area contributed by atoms with E-state index in [1.54, 1.807) is 0 Å². The second kappa shape index (κ2) is 4.56. The van der Waals surface area contributed by atoms with Crippen molar-refractivity contribution in [2.45, 2.75) is 6.10 Å². The van der Waals surface area contributed by atoms with E-state index < -0.39 is 6.10 Å². The number of nitrogens with zero attached hydrogens (tertiary/aromatic N) is 1. The van der Waals surface area contributed by atoms with E-state index in [2.05, 4.69) is 4.98 Å². The Morgan fingerprint density at radius 3 is 2.77 bits per heavy atom. The Morgan fingerprint density at radius 1 is 1.62 bits per heavy atom. The van der Waals surface area contributed by atoms with Crippen molar-refractivity contribution in [3.8, 4) is 0 Å². The highest BCUT2D eigenvalue weighted by Gasteiger charge is 2.13. The minimum absolute atomic E-state index is 0.287. The van der Waals surface area contributed by atoms with E-state index in [-0.39, 0.29) is 5.15 Å². The highest BCUT2D eigenvalue weighted by Crippen LogP contribution is 2.24. The Morgan fingerprint density at radius 2 is 2.31 bits per heavy atom. The summed E-state index contributed by atoms with van der Waals surface area (Å²) in [4.78, 5) is 14.3. The largest absolute Gasteiger partial charge is 0.369 e. The molecular weight excluding hydrogens is 213 g/mol. The van der Waals surface area contributed by atoms with Crippen molar-refractivity contribution < 1.29 is 9.53 Å². The maximum Gasteiger partial charge on any atom is 0.153 e. The molecule has 1 atom stereocenters. The maximum atomic E-state index is 10.5. The lowest BCUT2D eigenvalue weighted by atomic mass is 10.2. The summed E-state index contributed by atoms with van der Waals surface area (Å²) in [5.41, 5.74) is 0.517. The first kappa shape index (κ1) is 10.4. The number of carbonyl (C=O) groups is 1. The Bertz CT molecular complexity index is 317. The molecule has 0 saturated heterocycles. The van der Waals surface area contributed by atoms with Gasteiger partial charge in [0, 0.05) is 18.9 Å². The van der Waals surface area contributed by atoms with Gasteiger partial charge in [0.1, 0.15) is 11.3 Å². The Balaban J connectivity index is 3.06. The van der Waals surface area contributed by atoms with Crippen LogP contribution in [0.15, 0.2) is 12.3 Å². The van der Waals surface area contributed by atoms with Crippen LogP contribution in [0.3, 0.4) is 0 Å². The predicted molar refractivity (Wildman–Crippen MR) is 50.1 cm³/mol. The zero-order chi connectivity index (χ0) is 9.84. The van der Waals surface area contributed by atoms with Gasteiger partial charge in [-0.05, 0) is 6.07 Å². The first-order chi connectivity index (χ1) is 6.19. The van der Waals surface area contributed by atoms with Crippen LogP contribution in [0.25, 0.3) is 0 Å². The van der Waals surface area contributed by atoms with Gasteiger partial charge in [-0.3, -0.25) is 0 Å². The fourth-order valence-electron chi connectivity index (χ4n) is 0.883. The van der Waals surface area contributed by atoms with Crippen LogP contribution in [-0.2, 0) is 9.53 Å². The van der Waals surface area contributed by atoms with Gasteiger partial charge in [-0.15, -0.1) is 0 Å². The summed E-state index contributed by atoms with van der Waals surface area (Å²) >= 11 is 11.4. The molecule has 13 heavy (non-hydrogen) atoms. The normalized spacial score (nSPS) is 12.5. The Labute approximate surface area is 85.6 Å². The number of methoxy groups -OCH3 is 1. The lowest BCUT2D eigenvalue weighted by Crippen LogP contribution is -2.03. The molecule has 0 radical (unpaired) electrons. The maximum absolute atomic E-state index is 10.5. The number of ether oxygens (including phenoxy) is 1. The summed E-state index contributed by atoms with van der Waals surface area (Å²) in [6.45, 7) is 0. The molecule has 5 heteroatoms. The predicted octanol–water partition coefficient (Wildman–Crippen LogP) is 2.27. The fraction of sp³-hybridized carbons (Fsp3) is 0.250. The summed E-state index contributed by atoms with van der Waals surface area (Å²) < 4.78 is 4.87. The third kappa shape index (κ3) is 2.40. The Hall–Kier alpha value is -0.640. The van der Waals surface area contributed by atoms with Crippen molar-refractivity contribution in [1.82, 2.24) is 4.98 Å². The zero-order valence-corrected chi connectivity index (χ0v) is 8.34. The third-order valence-electron chi connectivity index (χ3n) is 1.53. The highest BCUT2D eigenvalue weighted by molar-refractivity contribution is 6.34. The lowest BCUT2D eigenvalue weighted by molar-refractivity contribution is -0.116. The van der Waals surface area contributed by atoms with Crippen LogP contribution in [0.4, 0.5) is 0 Å². The Kier molecular flexibility index (Phi) is 3.66. The van der Waals surface area contributed by atoms with Gasteiger partial charge in [-0.1, -0.05) is 23.2 Å². The number of rotatable bonds is 3. The standard InChI is InChI=1S/C8H7Cl2NO2/c1-13-7(4-12)5-3-11-8(10)2-6(5)9/h2-4,7H,1H3/t7-/m1/s1. The fourth-order valence-corrected chi connectivity index (χ4v) is 1.36. The van der Waals surface area contributed by atoms with Crippen molar-refractivity contribution >= 4 is 29.5 Å². The molecule has 1 aromatic heterocycles. The number of aromatic nitrogens is 1. The average Bonchev–Trinajstić information content (AvgIpc) is 2.10. The van der Waals surface area contributed by atoms with Crippen molar-refractivity contribution in [3.05, 3.63) is 28.0 Å². The molecule has 0 aliphatic heterocycles. The molecule has 0 N–H and O–H groups in total. The molecule has 3 nitrogen and oxygen atoms in total. The second-order valence-electron chi connectivity index (χ2n) is 2.32. The first-order valence-corrected chi connectivity index (χ1v) is 4.23. The number of hydrogen-bond acceptors (Lipinski definition) is 3. The minimum Gasteiger partial charge on any atom is -0.369 e. The molecule has 0 aliphatic carbocycles. The van der Waals surface area contributed by atoms with E-state index in [9.17, 15) is 4.79 Å². The zero-order valence-electron chi connectivity index (χ0n) is 6.83. The number of carbonyl (C=O) groups excluding carboxylic acids is 1. The van der Waals surface area contributed by atoms with Crippen LogP contribution < -0.4 is 0 Å². The molecule has 0 unspecified atom stereocenters. The summed E-state index contributed by atoms with van der Waals surface area (Å²) in [6, 6.07) is 1.47. The molecule has 0 saturated carbocycles. The van der Waals surface area contributed by atoms with Crippen LogP contribution in [0, 0.1) is 0 Å². The number of pyridine rings is 1. The van der Waals surface area contributed by atoms with Crippen molar-refractivity contribution in [2.24, 2.45) is 0 Å². The van der Waals surface area contributed by atoms with Gasteiger partial charge < -0.3 is 9.53 Å². The number of hydrogen-bond donors (Lipinski definition) is 0. The second-order valence-corrected chi connectivity index (χ2v) is 3.12. The van der Waals surface area contributed by atoms with Crippen LogP contribution in [0.5, 0.6) is 0 Å². The molecule has 0 aliphatic rings. The monoisotopic (exact) mass is 219 g/mol. The van der Waals surface area contributed by atoms with Gasteiger partial charge >= 0.3 is 0 Å². The SMILES string of the molecule is CO[C@H](C=O)c1cnc(Cl)cc1Cl. The van der Waals surface area contributed by atoms with E-state index in [0.717, 1.165) is 0 Å². The van der Waals surface area contributed by atoms with Crippen molar-refractivity contribution in [1.29, 1.82) is 0 Å². The molecule has 1 aromatic rings. The van der Waals surface area contributed by atoms with Gasteiger partial charge in [0.25, 0.3) is 0 Å². The summed E-state index contributed by atoms with van der Waals surface area (Å²) in [6.07, 6.45) is 1.39. The van der Waals surface area contributed by atoms with Gasteiger partial charge in [-0.25, -0.2) is 4.98 Å². The van der Waals surface area contributed by atoms with Crippen molar-refractivity contribution in [3.63, 3.8) is 0 Å². The highest BCUT2D eigenvalue weighted by atomic mass is 35.5. The third-order valence-corrected chi connectivity index (χ3v) is 2.07.